The summed E-state index contributed by atoms with van der Waals surface area (Å²) in [5, 5.41) is 5.43. The molecule has 0 heterocycles. The highest BCUT2D eigenvalue weighted by Crippen LogP contribution is 2.05. The predicted octanol–water partition coefficient (Wildman–Crippen LogP) is 1.68. The molecule has 1 aromatic rings. The highest BCUT2D eigenvalue weighted by molar-refractivity contribution is 6.02. The van der Waals surface area contributed by atoms with Crippen LogP contribution in [-0.4, -0.2) is 29.7 Å². The van der Waals surface area contributed by atoms with Crippen LogP contribution in [0.4, 0.5) is 0 Å². The number of hydrogen-bond donors (Lipinski definition) is 2. The number of amides is 2. The van der Waals surface area contributed by atoms with Gasteiger partial charge in [-0.1, -0.05) is 30.3 Å². The minimum atomic E-state index is -0.990. The zero-order valence-corrected chi connectivity index (χ0v) is 13.1. The van der Waals surface area contributed by atoms with Crippen LogP contribution < -0.4 is 10.6 Å². The molecule has 0 aliphatic rings. The van der Waals surface area contributed by atoms with Gasteiger partial charge < -0.3 is 10.6 Å². The molecule has 0 unspecified atom stereocenters. The van der Waals surface area contributed by atoms with Gasteiger partial charge in [0.1, 0.15) is 5.54 Å². The number of carbonyl (C=O) groups excluding carboxylic acids is 2. The number of nitrogens with zero attached hydrogens (tertiary/aromatic N) is 1. The third-order valence-corrected chi connectivity index (χ3v) is 2.92. The van der Waals surface area contributed by atoms with Crippen LogP contribution in [0.2, 0.25) is 0 Å². The lowest BCUT2D eigenvalue weighted by Crippen LogP contribution is -2.55. The lowest BCUT2D eigenvalue weighted by molar-refractivity contribution is -0.131. The summed E-state index contributed by atoms with van der Waals surface area (Å²) in [6, 6.07) is 9.42. The summed E-state index contributed by atoms with van der Waals surface area (Å²) < 4.78 is 0. The second kappa shape index (κ2) is 7.57. The first kappa shape index (κ1) is 16.9. The normalized spacial score (nSPS) is 11.9. The second-order valence-corrected chi connectivity index (χ2v) is 5.35. The SMILES string of the molecule is CCN=C(C)NC(=O)C(C)(C)NC(=O)Cc1ccccc1. The van der Waals surface area contributed by atoms with E-state index in [4.69, 9.17) is 0 Å². The molecule has 0 bridgehead atoms. The maximum Gasteiger partial charge on any atom is 0.250 e. The first-order valence-corrected chi connectivity index (χ1v) is 7.02. The van der Waals surface area contributed by atoms with Crippen LogP contribution in [0.15, 0.2) is 35.3 Å². The summed E-state index contributed by atoms with van der Waals surface area (Å²) in [6.45, 7) is 7.56. The molecule has 0 saturated carbocycles. The Hall–Kier alpha value is -2.17. The minimum absolute atomic E-state index is 0.188. The van der Waals surface area contributed by atoms with Gasteiger partial charge in [0.05, 0.1) is 12.3 Å². The van der Waals surface area contributed by atoms with Gasteiger partial charge in [-0.15, -0.1) is 0 Å². The lowest BCUT2D eigenvalue weighted by Gasteiger charge is -2.25. The summed E-state index contributed by atoms with van der Waals surface area (Å²) >= 11 is 0. The number of benzene rings is 1. The molecule has 0 aromatic heterocycles. The third-order valence-electron chi connectivity index (χ3n) is 2.92. The number of carbonyl (C=O) groups is 2. The van der Waals surface area contributed by atoms with Crippen molar-refractivity contribution in [3.63, 3.8) is 0 Å². The third kappa shape index (κ3) is 5.77. The van der Waals surface area contributed by atoms with E-state index in [1.807, 2.05) is 37.3 Å². The first-order valence-electron chi connectivity index (χ1n) is 7.02. The molecule has 0 aliphatic heterocycles. The maximum absolute atomic E-state index is 12.1. The average molecular weight is 289 g/mol. The topological polar surface area (TPSA) is 70.6 Å². The van der Waals surface area contributed by atoms with Gasteiger partial charge in [-0.25, -0.2) is 0 Å². The van der Waals surface area contributed by atoms with Gasteiger partial charge in [0.15, 0.2) is 0 Å². The van der Waals surface area contributed by atoms with Crippen LogP contribution in [0.3, 0.4) is 0 Å². The van der Waals surface area contributed by atoms with Crippen molar-refractivity contribution in [1.29, 1.82) is 0 Å². The van der Waals surface area contributed by atoms with Crippen LogP contribution >= 0.6 is 0 Å². The van der Waals surface area contributed by atoms with E-state index in [-0.39, 0.29) is 18.2 Å². The van der Waals surface area contributed by atoms with Crippen molar-refractivity contribution in [3.8, 4) is 0 Å². The van der Waals surface area contributed by atoms with E-state index in [0.29, 0.717) is 12.4 Å². The summed E-state index contributed by atoms with van der Waals surface area (Å²) in [5.41, 5.74) is -0.0777. The standard InChI is InChI=1S/C16H23N3O2/c1-5-17-12(2)18-15(21)16(3,4)19-14(20)11-13-9-7-6-8-10-13/h6-10H,5,11H2,1-4H3,(H,19,20)(H,17,18,21). The molecule has 21 heavy (non-hydrogen) atoms. The Balaban J connectivity index is 2.60. The Bertz CT molecular complexity index is 522. The summed E-state index contributed by atoms with van der Waals surface area (Å²) in [4.78, 5) is 28.3. The van der Waals surface area contributed by atoms with Crippen molar-refractivity contribution in [2.45, 2.75) is 39.7 Å². The largest absolute Gasteiger partial charge is 0.342 e. The van der Waals surface area contributed by atoms with Gasteiger partial charge in [-0.2, -0.15) is 0 Å². The van der Waals surface area contributed by atoms with E-state index in [1.54, 1.807) is 20.8 Å². The second-order valence-electron chi connectivity index (χ2n) is 5.35. The zero-order valence-electron chi connectivity index (χ0n) is 13.1. The smallest absolute Gasteiger partial charge is 0.250 e. The molecule has 0 radical (unpaired) electrons. The molecule has 1 aromatic carbocycles. The van der Waals surface area contributed by atoms with E-state index in [9.17, 15) is 9.59 Å². The van der Waals surface area contributed by atoms with Crippen molar-refractivity contribution in [2.24, 2.45) is 4.99 Å². The molecule has 0 atom stereocenters. The number of rotatable bonds is 5. The Morgan fingerprint density at radius 2 is 1.81 bits per heavy atom. The van der Waals surface area contributed by atoms with Crippen molar-refractivity contribution >= 4 is 17.6 Å². The van der Waals surface area contributed by atoms with E-state index < -0.39 is 5.54 Å². The van der Waals surface area contributed by atoms with E-state index >= 15 is 0 Å². The molecule has 0 fully saturated rings. The van der Waals surface area contributed by atoms with Gasteiger partial charge in [0.25, 0.3) is 0 Å². The summed E-state index contributed by atoms with van der Waals surface area (Å²) in [7, 11) is 0. The maximum atomic E-state index is 12.1. The zero-order chi connectivity index (χ0) is 15.9. The van der Waals surface area contributed by atoms with E-state index in [2.05, 4.69) is 15.6 Å². The van der Waals surface area contributed by atoms with Gasteiger partial charge in [0, 0.05) is 6.54 Å². The molecule has 2 amide bonds. The molecular formula is C16H23N3O2. The van der Waals surface area contributed by atoms with Crippen molar-refractivity contribution in [1.82, 2.24) is 10.6 Å². The van der Waals surface area contributed by atoms with Crippen LogP contribution in [0, 0.1) is 0 Å². The number of aliphatic imine (C=N–C) groups is 1. The molecule has 5 nitrogen and oxygen atoms in total. The van der Waals surface area contributed by atoms with Crippen molar-refractivity contribution in [3.05, 3.63) is 35.9 Å². The first-order chi connectivity index (χ1) is 9.85. The number of hydrogen-bond acceptors (Lipinski definition) is 3. The van der Waals surface area contributed by atoms with Gasteiger partial charge in [-0.3, -0.25) is 14.6 Å². The van der Waals surface area contributed by atoms with E-state index in [1.165, 1.54) is 0 Å². The average Bonchev–Trinajstić information content (AvgIpc) is 2.39. The van der Waals surface area contributed by atoms with Crippen LogP contribution in [0.1, 0.15) is 33.3 Å². The molecule has 0 spiro atoms. The molecule has 5 heteroatoms. The quantitative estimate of drug-likeness (QED) is 0.639. The van der Waals surface area contributed by atoms with Crippen molar-refractivity contribution in [2.75, 3.05) is 6.54 Å². The highest BCUT2D eigenvalue weighted by atomic mass is 16.2. The van der Waals surface area contributed by atoms with Crippen LogP contribution in [0.25, 0.3) is 0 Å². The van der Waals surface area contributed by atoms with Crippen molar-refractivity contribution < 1.29 is 9.59 Å². The van der Waals surface area contributed by atoms with Crippen LogP contribution in [-0.2, 0) is 16.0 Å². The molecule has 2 N–H and O–H groups in total. The van der Waals surface area contributed by atoms with Gasteiger partial charge in [0.2, 0.25) is 11.8 Å². The highest BCUT2D eigenvalue weighted by Gasteiger charge is 2.29. The molecule has 0 aliphatic carbocycles. The predicted molar refractivity (Wildman–Crippen MR) is 84.2 cm³/mol. The van der Waals surface area contributed by atoms with Gasteiger partial charge >= 0.3 is 0 Å². The molecule has 114 valence electrons. The molecule has 0 saturated heterocycles. The fourth-order valence-electron chi connectivity index (χ4n) is 1.83. The molecular weight excluding hydrogens is 266 g/mol. The number of nitrogens with one attached hydrogen (secondary N) is 2. The Labute approximate surface area is 125 Å². The minimum Gasteiger partial charge on any atom is -0.342 e. The number of amidine groups is 1. The van der Waals surface area contributed by atoms with Gasteiger partial charge in [-0.05, 0) is 33.3 Å². The van der Waals surface area contributed by atoms with Crippen LogP contribution in [0.5, 0.6) is 0 Å². The molecule has 1 rings (SSSR count). The summed E-state index contributed by atoms with van der Waals surface area (Å²) in [6.07, 6.45) is 0.250. The fraction of sp³-hybridized carbons (Fsp3) is 0.438. The Morgan fingerprint density at radius 3 is 2.38 bits per heavy atom. The van der Waals surface area contributed by atoms with E-state index in [0.717, 1.165) is 5.56 Å². The lowest BCUT2D eigenvalue weighted by atomic mass is 10.0. The fourth-order valence-corrected chi connectivity index (χ4v) is 1.83. The Kier molecular flexibility index (Phi) is 6.09. The Morgan fingerprint density at radius 1 is 1.19 bits per heavy atom. The monoisotopic (exact) mass is 289 g/mol. The summed E-state index contributed by atoms with van der Waals surface area (Å²) in [5.74, 6) is 0.0814.